The smallest absolute Gasteiger partial charge is 0.328 e. The van der Waals surface area contributed by atoms with Crippen LogP contribution in [0.2, 0.25) is 0 Å². The van der Waals surface area contributed by atoms with E-state index >= 15 is 0 Å². The number of amides is 1. The average Bonchev–Trinajstić information content (AvgIpc) is 3.05. The predicted molar refractivity (Wildman–Crippen MR) is 94.0 cm³/mol. The van der Waals surface area contributed by atoms with Gasteiger partial charge in [-0.3, -0.25) is 9.80 Å². The highest BCUT2D eigenvalue weighted by molar-refractivity contribution is 5.86. The van der Waals surface area contributed by atoms with Crippen LogP contribution < -0.4 is 15.9 Å². The van der Waals surface area contributed by atoms with Gasteiger partial charge in [0.1, 0.15) is 17.4 Å². The number of nitrogens with zero attached hydrogens (tertiary/aromatic N) is 1. The maximum atomic E-state index is 12.3. The molecule has 138 valence electrons. The Morgan fingerprint density at radius 1 is 1.36 bits per heavy atom. The van der Waals surface area contributed by atoms with Gasteiger partial charge >= 0.3 is 5.97 Å². The number of rotatable bonds is 6. The highest BCUT2D eigenvalue weighted by atomic mass is 16.5. The molecule has 0 aromatic heterocycles. The van der Waals surface area contributed by atoms with E-state index in [1.165, 1.54) is 0 Å². The average molecular weight is 349 g/mol. The Kier molecular flexibility index (Phi) is 6.02. The first-order valence-electron chi connectivity index (χ1n) is 8.49. The minimum Gasteiger partial charge on any atom is -0.488 e. The lowest BCUT2D eigenvalue weighted by Crippen LogP contribution is -2.55. The molecule has 1 saturated heterocycles. The van der Waals surface area contributed by atoms with Crippen LogP contribution in [0.25, 0.3) is 0 Å². The Morgan fingerprint density at radius 3 is 2.48 bits per heavy atom. The van der Waals surface area contributed by atoms with Crippen molar-refractivity contribution < 1.29 is 19.4 Å². The number of nitrogens with one attached hydrogen (secondary N) is 1. The van der Waals surface area contributed by atoms with Gasteiger partial charge in [-0.25, -0.2) is 10.6 Å². The molecular weight excluding hydrogens is 322 g/mol. The van der Waals surface area contributed by atoms with Crippen LogP contribution in [0.4, 0.5) is 0 Å². The van der Waals surface area contributed by atoms with Crippen molar-refractivity contribution in [3.8, 4) is 5.75 Å². The highest BCUT2D eigenvalue weighted by Crippen LogP contribution is 2.20. The zero-order valence-electron chi connectivity index (χ0n) is 15.0. The van der Waals surface area contributed by atoms with Crippen molar-refractivity contribution in [1.82, 2.24) is 10.3 Å². The second-order valence-corrected chi connectivity index (χ2v) is 7.31. The Labute approximate surface area is 148 Å². The first-order chi connectivity index (χ1) is 11.7. The summed E-state index contributed by atoms with van der Waals surface area (Å²) in [4.78, 5) is 23.9. The van der Waals surface area contributed by atoms with Gasteiger partial charge < -0.3 is 15.2 Å². The number of aliphatic carboxylic acids is 1. The third kappa shape index (κ3) is 5.44. The molecule has 0 bridgehead atoms. The van der Waals surface area contributed by atoms with Crippen LogP contribution in [0.5, 0.6) is 5.75 Å². The lowest BCUT2D eigenvalue weighted by Gasteiger charge is -2.27. The fourth-order valence-corrected chi connectivity index (χ4v) is 2.80. The minimum absolute atomic E-state index is 0.139. The van der Waals surface area contributed by atoms with Gasteiger partial charge in [-0.1, -0.05) is 12.1 Å². The van der Waals surface area contributed by atoms with Crippen LogP contribution >= 0.6 is 0 Å². The number of carbonyl (C=O) groups is 2. The number of nitrogens with two attached hydrogens (primary N) is 1. The van der Waals surface area contributed by atoms with E-state index < -0.39 is 18.1 Å². The molecule has 1 aliphatic heterocycles. The molecule has 0 radical (unpaired) electrons. The normalized spacial score (nSPS) is 18.6. The Morgan fingerprint density at radius 2 is 2.00 bits per heavy atom. The molecule has 7 nitrogen and oxygen atoms in total. The molecule has 0 saturated carbocycles. The number of benzene rings is 1. The predicted octanol–water partition coefficient (Wildman–Crippen LogP) is 1.31. The van der Waals surface area contributed by atoms with Gasteiger partial charge in [-0.05, 0) is 57.9 Å². The molecule has 1 fully saturated rings. The molecule has 1 amide bonds. The number of carbonyl (C=O) groups excluding carboxylic acids is 1. The van der Waals surface area contributed by atoms with Gasteiger partial charge in [0.05, 0.1) is 6.04 Å². The molecule has 0 spiro atoms. The third-order valence-electron chi connectivity index (χ3n) is 4.01. The van der Waals surface area contributed by atoms with Crippen LogP contribution in [0.3, 0.4) is 0 Å². The van der Waals surface area contributed by atoms with E-state index in [9.17, 15) is 14.7 Å². The van der Waals surface area contributed by atoms with Crippen LogP contribution in [0.15, 0.2) is 24.3 Å². The molecule has 1 aromatic rings. The third-order valence-corrected chi connectivity index (χ3v) is 4.01. The van der Waals surface area contributed by atoms with Gasteiger partial charge in [-0.15, -0.1) is 0 Å². The molecule has 1 aromatic carbocycles. The standard InChI is InChI=1S/C18H27N3O4/c1-18(2,3)25-13-8-6-12(7-9-13)11-15(17(23)24)21(19)16(22)14-5-4-10-20-14/h6-9,14-15,20H,4-5,10-11,19H2,1-3H3,(H,23,24)/t14-,15-/m0/s1. The maximum Gasteiger partial charge on any atom is 0.328 e. The fourth-order valence-electron chi connectivity index (χ4n) is 2.80. The number of hydrogen-bond donors (Lipinski definition) is 3. The van der Waals surface area contributed by atoms with Gasteiger partial charge in [0.2, 0.25) is 0 Å². The topological polar surface area (TPSA) is 105 Å². The molecule has 7 heteroatoms. The molecule has 2 rings (SSSR count). The summed E-state index contributed by atoms with van der Waals surface area (Å²) in [5.74, 6) is 5.05. The molecule has 1 aliphatic rings. The van der Waals surface area contributed by atoms with E-state index in [4.69, 9.17) is 10.6 Å². The zero-order valence-corrected chi connectivity index (χ0v) is 15.0. The fraction of sp³-hybridized carbons (Fsp3) is 0.556. The number of hydrazine groups is 1. The molecular formula is C18H27N3O4. The van der Waals surface area contributed by atoms with Crippen molar-refractivity contribution in [2.24, 2.45) is 5.84 Å². The monoisotopic (exact) mass is 349 g/mol. The van der Waals surface area contributed by atoms with E-state index in [2.05, 4.69) is 5.32 Å². The minimum atomic E-state index is -1.12. The summed E-state index contributed by atoms with van der Waals surface area (Å²) < 4.78 is 5.75. The van der Waals surface area contributed by atoms with E-state index in [1.807, 2.05) is 20.8 Å². The Balaban J connectivity index is 2.05. The van der Waals surface area contributed by atoms with E-state index in [-0.39, 0.29) is 17.9 Å². The van der Waals surface area contributed by atoms with E-state index in [0.717, 1.165) is 23.5 Å². The highest BCUT2D eigenvalue weighted by Gasteiger charge is 2.33. The van der Waals surface area contributed by atoms with E-state index in [1.54, 1.807) is 24.3 Å². The van der Waals surface area contributed by atoms with Crippen molar-refractivity contribution in [2.45, 2.75) is 57.7 Å². The summed E-state index contributed by atoms with van der Waals surface area (Å²) in [5, 5.41) is 13.4. The van der Waals surface area contributed by atoms with Gasteiger partial charge in [-0.2, -0.15) is 0 Å². The molecule has 25 heavy (non-hydrogen) atoms. The zero-order chi connectivity index (χ0) is 18.6. The summed E-state index contributed by atoms with van der Waals surface area (Å²) in [5.41, 5.74) is 0.469. The summed E-state index contributed by atoms with van der Waals surface area (Å²) in [6.45, 7) is 6.61. The lowest BCUT2D eigenvalue weighted by atomic mass is 10.0. The Bertz CT molecular complexity index is 604. The largest absolute Gasteiger partial charge is 0.488 e. The molecule has 0 unspecified atom stereocenters. The van der Waals surface area contributed by atoms with Gasteiger partial charge in [0.15, 0.2) is 0 Å². The second kappa shape index (κ2) is 7.84. The summed E-state index contributed by atoms with van der Waals surface area (Å²) in [7, 11) is 0. The van der Waals surface area contributed by atoms with Crippen molar-refractivity contribution in [1.29, 1.82) is 0 Å². The SMILES string of the molecule is CC(C)(C)Oc1ccc(C[C@@H](C(=O)O)N(N)C(=O)[C@@H]2CCCN2)cc1. The van der Waals surface area contributed by atoms with Gasteiger partial charge in [0.25, 0.3) is 5.91 Å². The number of ether oxygens (including phenoxy) is 1. The Hall–Kier alpha value is -2.12. The molecule has 4 N–H and O–H groups in total. The van der Waals surface area contributed by atoms with Crippen molar-refractivity contribution in [3.05, 3.63) is 29.8 Å². The van der Waals surface area contributed by atoms with Crippen LogP contribution in [0.1, 0.15) is 39.2 Å². The van der Waals surface area contributed by atoms with Crippen molar-refractivity contribution >= 4 is 11.9 Å². The summed E-state index contributed by atoms with van der Waals surface area (Å²) in [6.07, 6.45) is 1.70. The number of hydrogen-bond acceptors (Lipinski definition) is 5. The second-order valence-electron chi connectivity index (χ2n) is 7.31. The number of carboxylic acid groups (broad SMARTS) is 1. The first kappa shape index (κ1) is 19.2. The quantitative estimate of drug-likeness (QED) is 0.406. The molecule has 1 heterocycles. The van der Waals surface area contributed by atoms with Crippen LogP contribution in [-0.2, 0) is 16.0 Å². The van der Waals surface area contributed by atoms with Crippen molar-refractivity contribution in [2.75, 3.05) is 6.54 Å². The summed E-state index contributed by atoms with van der Waals surface area (Å²) >= 11 is 0. The molecule has 0 aliphatic carbocycles. The van der Waals surface area contributed by atoms with E-state index in [0.29, 0.717) is 12.2 Å². The van der Waals surface area contributed by atoms with Crippen LogP contribution in [-0.4, -0.2) is 46.2 Å². The van der Waals surface area contributed by atoms with Crippen molar-refractivity contribution in [3.63, 3.8) is 0 Å². The molecule has 2 atom stereocenters. The maximum absolute atomic E-state index is 12.3. The lowest BCUT2D eigenvalue weighted by molar-refractivity contribution is -0.151. The first-order valence-corrected chi connectivity index (χ1v) is 8.49. The number of carboxylic acids is 1. The van der Waals surface area contributed by atoms with Gasteiger partial charge in [0, 0.05) is 6.42 Å². The summed E-state index contributed by atoms with van der Waals surface area (Å²) in [6, 6.07) is 5.67. The van der Waals surface area contributed by atoms with Crippen LogP contribution in [0, 0.1) is 0 Å².